The molecule has 0 unspecified atom stereocenters. The summed E-state index contributed by atoms with van der Waals surface area (Å²) in [5, 5.41) is 0.890. The fourth-order valence-electron chi connectivity index (χ4n) is 5.80. The van der Waals surface area contributed by atoms with Crippen LogP contribution in [0.2, 0.25) is 0 Å². The normalized spacial score (nSPS) is 18.6. The molecule has 3 N–H and O–H groups in total. The van der Waals surface area contributed by atoms with Crippen LogP contribution in [0.5, 0.6) is 5.75 Å². The molecule has 0 saturated carbocycles. The second-order valence-electron chi connectivity index (χ2n) is 10.6. The van der Waals surface area contributed by atoms with Gasteiger partial charge in [-0.25, -0.2) is 0 Å². The van der Waals surface area contributed by atoms with Gasteiger partial charge >= 0.3 is 0 Å². The summed E-state index contributed by atoms with van der Waals surface area (Å²) < 4.78 is 6.08. The molecular weight excluding hydrogens is 480 g/mol. The summed E-state index contributed by atoms with van der Waals surface area (Å²) in [4.78, 5) is 34.3. The number of ether oxygens (including phenoxy) is 1. The molecule has 38 heavy (non-hydrogen) atoms. The predicted molar refractivity (Wildman–Crippen MR) is 151 cm³/mol. The lowest BCUT2D eigenvalue weighted by Gasteiger charge is -2.36. The molecule has 3 aromatic rings. The van der Waals surface area contributed by atoms with E-state index in [2.05, 4.69) is 30.6 Å². The van der Waals surface area contributed by atoms with Crippen molar-refractivity contribution >= 4 is 34.4 Å². The van der Waals surface area contributed by atoms with Gasteiger partial charge in [-0.15, -0.1) is 0 Å². The zero-order chi connectivity index (χ0) is 25.9. The Morgan fingerprint density at radius 3 is 2.21 bits per heavy atom. The quantitative estimate of drug-likeness (QED) is 0.417. The second kappa shape index (κ2) is 11.1. The van der Waals surface area contributed by atoms with Gasteiger partial charge in [0.05, 0.1) is 6.61 Å². The number of H-pyrrole nitrogens is 1. The number of nitrogens with zero attached hydrogens (tertiary/aromatic N) is 6. The molecule has 10 heteroatoms. The number of anilines is 3. The smallest absolute Gasteiger partial charge is 0.265 e. The number of benzene rings is 1. The van der Waals surface area contributed by atoms with E-state index in [-0.39, 0.29) is 0 Å². The molecule has 3 aliphatic heterocycles. The molecule has 0 bridgehead atoms. The summed E-state index contributed by atoms with van der Waals surface area (Å²) in [5.41, 5.74) is 6.68. The van der Waals surface area contributed by atoms with Gasteiger partial charge in [-0.1, -0.05) is 6.07 Å². The van der Waals surface area contributed by atoms with Crippen LogP contribution in [0.1, 0.15) is 42.6 Å². The van der Waals surface area contributed by atoms with E-state index < -0.39 is 5.91 Å². The molecule has 6 rings (SSSR count). The third-order valence-corrected chi connectivity index (χ3v) is 7.97. The van der Waals surface area contributed by atoms with Crippen LogP contribution in [0.4, 0.5) is 17.6 Å². The lowest BCUT2D eigenvalue weighted by Crippen LogP contribution is -2.47. The first-order valence-electron chi connectivity index (χ1n) is 14.0. The van der Waals surface area contributed by atoms with E-state index in [1.54, 1.807) is 6.07 Å². The molecule has 3 fully saturated rings. The van der Waals surface area contributed by atoms with Gasteiger partial charge in [0.2, 0.25) is 5.95 Å². The zero-order valence-corrected chi connectivity index (χ0v) is 22.1. The zero-order valence-electron chi connectivity index (χ0n) is 22.1. The number of carbonyl (C=O) groups excluding carboxylic acids is 1. The van der Waals surface area contributed by atoms with Crippen molar-refractivity contribution in [3.8, 4) is 5.75 Å². The number of nitrogens with two attached hydrogens (primary N) is 1. The molecule has 2 aromatic heterocycles. The van der Waals surface area contributed by atoms with Crippen LogP contribution in [0, 0.1) is 0 Å². The molecular formula is C28H38N8O2. The van der Waals surface area contributed by atoms with Gasteiger partial charge in [0.25, 0.3) is 5.91 Å². The van der Waals surface area contributed by atoms with Crippen molar-refractivity contribution in [3.63, 3.8) is 0 Å². The molecule has 202 valence electrons. The van der Waals surface area contributed by atoms with Gasteiger partial charge in [-0.05, 0) is 50.3 Å². The monoisotopic (exact) mass is 518 g/mol. The average Bonchev–Trinajstić information content (AvgIpc) is 3.73. The van der Waals surface area contributed by atoms with Gasteiger partial charge < -0.3 is 30.2 Å². The maximum atomic E-state index is 11.5. The van der Waals surface area contributed by atoms with Crippen LogP contribution in [-0.4, -0.2) is 91.3 Å². The highest BCUT2D eigenvalue weighted by molar-refractivity contribution is 5.98. The van der Waals surface area contributed by atoms with Crippen molar-refractivity contribution in [3.05, 3.63) is 36.0 Å². The van der Waals surface area contributed by atoms with Crippen molar-refractivity contribution in [1.29, 1.82) is 0 Å². The molecule has 0 aliphatic carbocycles. The van der Waals surface area contributed by atoms with Gasteiger partial charge in [0.1, 0.15) is 23.1 Å². The van der Waals surface area contributed by atoms with Gasteiger partial charge in [-0.2, -0.15) is 9.97 Å². The van der Waals surface area contributed by atoms with E-state index in [9.17, 15) is 4.79 Å². The third-order valence-electron chi connectivity index (χ3n) is 7.97. The van der Waals surface area contributed by atoms with E-state index in [4.69, 9.17) is 20.4 Å². The number of amides is 1. The number of primary amides is 1. The minimum Gasteiger partial charge on any atom is -0.493 e. The lowest BCUT2D eigenvalue weighted by atomic mass is 10.2. The molecule has 3 aliphatic rings. The predicted octanol–water partition coefficient (Wildman–Crippen LogP) is 2.85. The summed E-state index contributed by atoms with van der Waals surface area (Å²) in [6.45, 7) is 9.88. The van der Waals surface area contributed by atoms with Crippen LogP contribution in [0.25, 0.3) is 10.9 Å². The first kappa shape index (κ1) is 24.8. The van der Waals surface area contributed by atoms with Crippen LogP contribution >= 0.6 is 0 Å². The summed E-state index contributed by atoms with van der Waals surface area (Å²) >= 11 is 0. The molecule has 1 aromatic carbocycles. The maximum Gasteiger partial charge on any atom is 0.265 e. The number of hydrogen-bond donors (Lipinski definition) is 2. The number of aromatic amines is 1. The van der Waals surface area contributed by atoms with Gasteiger partial charge in [0.15, 0.2) is 0 Å². The highest BCUT2D eigenvalue weighted by atomic mass is 16.5. The van der Waals surface area contributed by atoms with Crippen molar-refractivity contribution in [2.45, 2.75) is 32.1 Å². The van der Waals surface area contributed by atoms with Crippen LogP contribution in [-0.2, 0) is 0 Å². The summed E-state index contributed by atoms with van der Waals surface area (Å²) in [7, 11) is 0. The molecule has 1 amide bonds. The Balaban J connectivity index is 1.03. The Bertz CT molecular complexity index is 1220. The summed E-state index contributed by atoms with van der Waals surface area (Å²) in [6.07, 6.45) is 5.88. The first-order chi connectivity index (χ1) is 18.6. The van der Waals surface area contributed by atoms with Crippen LogP contribution < -0.4 is 25.2 Å². The molecule has 3 saturated heterocycles. The van der Waals surface area contributed by atoms with E-state index in [1.807, 2.05) is 18.2 Å². The third kappa shape index (κ3) is 5.36. The Morgan fingerprint density at radius 2 is 1.53 bits per heavy atom. The highest BCUT2D eigenvalue weighted by Gasteiger charge is 2.24. The number of nitrogens with one attached hydrogen (secondary N) is 1. The van der Waals surface area contributed by atoms with Gasteiger partial charge in [0, 0.05) is 75.9 Å². The largest absolute Gasteiger partial charge is 0.493 e. The molecule has 0 radical (unpaired) electrons. The Kier molecular flexibility index (Phi) is 7.22. The Morgan fingerprint density at radius 1 is 0.868 bits per heavy atom. The number of aromatic nitrogens is 3. The Hall–Kier alpha value is -3.53. The Labute approximate surface area is 223 Å². The molecule has 10 nitrogen and oxygen atoms in total. The SMILES string of the molecule is NC(=O)c1cc2c(OCCCN3CCN(c4cc(N5CCCC5)nc(N5CCCC5)n4)CC3)cccc2[nH]1. The van der Waals surface area contributed by atoms with Crippen molar-refractivity contribution < 1.29 is 9.53 Å². The molecule has 0 spiro atoms. The fraction of sp³-hybridized carbons (Fsp3) is 0.536. The maximum absolute atomic E-state index is 11.5. The topological polar surface area (TPSA) is 107 Å². The average molecular weight is 519 g/mol. The van der Waals surface area contributed by atoms with Crippen molar-refractivity contribution in [2.75, 3.05) is 80.2 Å². The minimum absolute atomic E-state index is 0.401. The summed E-state index contributed by atoms with van der Waals surface area (Å²) in [6, 6.07) is 9.76. The van der Waals surface area contributed by atoms with Crippen LogP contribution in [0.3, 0.4) is 0 Å². The standard InChI is InChI=1S/C28H38N8O2/c29-27(37)23-19-21-22(30-23)7-5-8-24(21)38-18-6-9-33-14-16-35(17-15-33)26-20-25(34-10-1-2-11-34)31-28(32-26)36-12-3-4-13-36/h5,7-8,19-20,30H,1-4,6,9-18H2,(H2,29,37). The van der Waals surface area contributed by atoms with Crippen molar-refractivity contribution in [1.82, 2.24) is 19.9 Å². The van der Waals surface area contributed by atoms with Crippen LogP contribution in [0.15, 0.2) is 30.3 Å². The van der Waals surface area contributed by atoms with Gasteiger partial charge in [-0.3, -0.25) is 9.69 Å². The molecule has 0 atom stereocenters. The highest BCUT2D eigenvalue weighted by Crippen LogP contribution is 2.28. The van der Waals surface area contributed by atoms with E-state index in [1.165, 1.54) is 25.7 Å². The first-order valence-corrected chi connectivity index (χ1v) is 14.0. The molecule has 5 heterocycles. The number of rotatable bonds is 9. The van der Waals surface area contributed by atoms with E-state index in [0.717, 1.165) is 99.6 Å². The summed E-state index contributed by atoms with van der Waals surface area (Å²) in [5.74, 6) is 3.38. The number of hydrogen-bond acceptors (Lipinski definition) is 8. The van der Waals surface area contributed by atoms with E-state index >= 15 is 0 Å². The number of fused-ring (bicyclic) bond motifs is 1. The number of carbonyl (C=O) groups is 1. The second-order valence-corrected chi connectivity index (χ2v) is 10.6. The van der Waals surface area contributed by atoms with Crippen molar-refractivity contribution in [2.24, 2.45) is 5.73 Å². The van der Waals surface area contributed by atoms with E-state index in [0.29, 0.717) is 12.3 Å². The number of piperazine rings is 1. The fourth-order valence-corrected chi connectivity index (χ4v) is 5.80. The lowest BCUT2D eigenvalue weighted by molar-refractivity contribution is 0.0996. The minimum atomic E-state index is -0.465.